The second-order valence-corrected chi connectivity index (χ2v) is 4.43. The largest absolute Gasteiger partial charge is 0.441 e. The fraction of sp³-hybridized carbons (Fsp3) is 0.417. The molecule has 0 aliphatic heterocycles. The topological polar surface area (TPSA) is 46.3 Å². The summed E-state index contributed by atoms with van der Waals surface area (Å²) in [5.74, 6) is 0.659. The number of aliphatic hydroxyl groups is 1. The summed E-state index contributed by atoms with van der Waals surface area (Å²) in [6, 6.07) is 5.84. The van der Waals surface area contributed by atoms with Crippen LogP contribution in [0.1, 0.15) is 25.3 Å². The number of benzene rings is 1. The molecule has 0 saturated carbocycles. The normalized spacial score (nSPS) is 12.3. The predicted molar refractivity (Wildman–Crippen MR) is 58.9 cm³/mol. The summed E-state index contributed by atoms with van der Waals surface area (Å²) in [5.41, 5.74) is 2.34. The number of aliphatic hydroxyl groups excluding tert-OH is 1. The number of aromatic nitrogens is 1. The molecule has 0 radical (unpaired) electrons. The third-order valence-corrected chi connectivity index (χ3v) is 2.65. The van der Waals surface area contributed by atoms with Crippen molar-refractivity contribution in [2.45, 2.75) is 26.2 Å². The molecule has 0 aliphatic carbocycles. The van der Waals surface area contributed by atoms with Crippen LogP contribution < -0.4 is 0 Å². The van der Waals surface area contributed by atoms with Crippen molar-refractivity contribution in [3.8, 4) is 0 Å². The summed E-state index contributed by atoms with van der Waals surface area (Å²) in [4.78, 5) is 4.27. The third kappa shape index (κ3) is 1.63. The SMILES string of the molecule is Cc1nc2cccc(C(C)(C)CO)c2o1. The lowest BCUT2D eigenvalue weighted by Gasteiger charge is -2.21. The maximum Gasteiger partial charge on any atom is 0.192 e. The zero-order valence-electron chi connectivity index (χ0n) is 9.24. The van der Waals surface area contributed by atoms with Crippen LogP contribution in [0, 0.1) is 6.92 Å². The van der Waals surface area contributed by atoms with Gasteiger partial charge in [-0.2, -0.15) is 0 Å². The quantitative estimate of drug-likeness (QED) is 0.818. The zero-order chi connectivity index (χ0) is 11.1. The smallest absolute Gasteiger partial charge is 0.192 e. The van der Waals surface area contributed by atoms with Gasteiger partial charge in [-0.1, -0.05) is 26.0 Å². The molecule has 1 aromatic carbocycles. The molecular weight excluding hydrogens is 190 g/mol. The van der Waals surface area contributed by atoms with Crippen LogP contribution in [0.15, 0.2) is 22.6 Å². The minimum atomic E-state index is -0.300. The zero-order valence-corrected chi connectivity index (χ0v) is 9.24. The van der Waals surface area contributed by atoms with Gasteiger partial charge in [0.2, 0.25) is 0 Å². The third-order valence-electron chi connectivity index (χ3n) is 2.65. The first-order valence-electron chi connectivity index (χ1n) is 5.02. The lowest BCUT2D eigenvalue weighted by molar-refractivity contribution is 0.218. The van der Waals surface area contributed by atoms with E-state index in [4.69, 9.17) is 4.42 Å². The lowest BCUT2D eigenvalue weighted by atomic mass is 9.85. The molecule has 15 heavy (non-hydrogen) atoms. The van der Waals surface area contributed by atoms with Crippen molar-refractivity contribution in [2.75, 3.05) is 6.61 Å². The highest BCUT2D eigenvalue weighted by atomic mass is 16.3. The Kier molecular flexibility index (Phi) is 2.27. The van der Waals surface area contributed by atoms with E-state index in [1.54, 1.807) is 0 Å². The van der Waals surface area contributed by atoms with Crippen LogP contribution in [0.2, 0.25) is 0 Å². The number of aryl methyl sites for hydroxylation is 1. The molecule has 1 N–H and O–H groups in total. The van der Waals surface area contributed by atoms with E-state index in [0.717, 1.165) is 16.7 Å². The van der Waals surface area contributed by atoms with E-state index in [-0.39, 0.29) is 12.0 Å². The molecule has 0 atom stereocenters. The van der Waals surface area contributed by atoms with Crippen molar-refractivity contribution in [1.29, 1.82) is 0 Å². The number of para-hydroxylation sites is 1. The van der Waals surface area contributed by atoms with Gasteiger partial charge in [0.15, 0.2) is 11.5 Å². The average Bonchev–Trinajstić information content (AvgIpc) is 2.57. The van der Waals surface area contributed by atoms with Gasteiger partial charge in [-0.25, -0.2) is 4.98 Å². The highest BCUT2D eigenvalue weighted by Gasteiger charge is 2.23. The molecule has 0 spiro atoms. The molecule has 2 aromatic rings. The number of fused-ring (bicyclic) bond motifs is 1. The van der Waals surface area contributed by atoms with E-state index >= 15 is 0 Å². The van der Waals surface area contributed by atoms with Crippen molar-refractivity contribution < 1.29 is 9.52 Å². The summed E-state index contributed by atoms with van der Waals surface area (Å²) in [6.07, 6.45) is 0. The first kappa shape index (κ1) is 10.2. The van der Waals surface area contributed by atoms with Crippen LogP contribution in [0.4, 0.5) is 0 Å². The van der Waals surface area contributed by atoms with Gasteiger partial charge in [0.25, 0.3) is 0 Å². The van der Waals surface area contributed by atoms with Gasteiger partial charge in [0.05, 0.1) is 6.61 Å². The van der Waals surface area contributed by atoms with Gasteiger partial charge in [0.1, 0.15) is 5.52 Å². The minimum Gasteiger partial charge on any atom is -0.441 e. The molecule has 0 bridgehead atoms. The highest BCUT2D eigenvalue weighted by molar-refractivity contribution is 5.77. The summed E-state index contributed by atoms with van der Waals surface area (Å²) in [7, 11) is 0. The van der Waals surface area contributed by atoms with E-state index in [1.807, 2.05) is 39.0 Å². The number of nitrogens with zero attached hydrogens (tertiary/aromatic N) is 1. The van der Waals surface area contributed by atoms with Gasteiger partial charge in [0, 0.05) is 17.9 Å². The van der Waals surface area contributed by atoms with Gasteiger partial charge < -0.3 is 9.52 Å². The number of rotatable bonds is 2. The van der Waals surface area contributed by atoms with E-state index < -0.39 is 0 Å². The maximum atomic E-state index is 9.35. The number of hydrogen-bond acceptors (Lipinski definition) is 3. The summed E-state index contributed by atoms with van der Waals surface area (Å²) >= 11 is 0. The van der Waals surface area contributed by atoms with Crippen molar-refractivity contribution in [1.82, 2.24) is 4.98 Å². The molecule has 2 rings (SSSR count). The Morgan fingerprint density at radius 1 is 1.40 bits per heavy atom. The molecule has 3 heteroatoms. The molecule has 0 unspecified atom stereocenters. The Hall–Kier alpha value is -1.35. The summed E-state index contributed by atoms with van der Waals surface area (Å²) in [6.45, 7) is 5.89. The number of hydrogen-bond donors (Lipinski definition) is 1. The summed E-state index contributed by atoms with van der Waals surface area (Å²) in [5, 5.41) is 9.35. The fourth-order valence-corrected chi connectivity index (χ4v) is 1.68. The van der Waals surface area contributed by atoms with Crippen LogP contribution in [-0.4, -0.2) is 16.7 Å². The Bertz CT molecular complexity index is 485. The minimum absolute atomic E-state index is 0.0891. The van der Waals surface area contributed by atoms with E-state index in [2.05, 4.69) is 4.98 Å². The van der Waals surface area contributed by atoms with Crippen LogP contribution in [0.3, 0.4) is 0 Å². The predicted octanol–water partition coefficient (Wildman–Crippen LogP) is 2.41. The van der Waals surface area contributed by atoms with Gasteiger partial charge >= 0.3 is 0 Å². The molecule has 1 heterocycles. The van der Waals surface area contributed by atoms with Crippen molar-refractivity contribution in [3.05, 3.63) is 29.7 Å². The lowest BCUT2D eigenvalue weighted by Crippen LogP contribution is -2.22. The molecule has 0 amide bonds. The second-order valence-electron chi connectivity index (χ2n) is 4.43. The van der Waals surface area contributed by atoms with Crippen molar-refractivity contribution >= 4 is 11.1 Å². The first-order chi connectivity index (χ1) is 7.04. The van der Waals surface area contributed by atoms with Crippen LogP contribution in [0.5, 0.6) is 0 Å². The first-order valence-corrected chi connectivity index (χ1v) is 5.02. The average molecular weight is 205 g/mol. The standard InChI is InChI=1S/C12H15NO2/c1-8-13-10-6-4-5-9(11(10)15-8)12(2,3)7-14/h4-6,14H,7H2,1-3H3. The molecule has 0 fully saturated rings. The van der Waals surface area contributed by atoms with Gasteiger partial charge in [-0.05, 0) is 6.07 Å². The Labute approximate surface area is 88.7 Å². The molecule has 3 nitrogen and oxygen atoms in total. The van der Waals surface area contributed by atoms with Crippen LogP contribution in [-0.2, 0) is 5.41 Å². The van der Waals surface area contributed by atoms with Crippen LogP contribution in [0.25, 0.3) is 11.1 Å². The van der Waals surface area contributed by atoms with E-state index in [0.29, 0.717) is 5.89 Å². The Morgan fingerprint density at radius 3 is 2.80 bits per heavy atom. The van der Waals surface area contributed by atoms with E-state index in [1.165, 1.54) is 0 Å². The number of oxazole rings is 1. The van der Waals surface area contributed by atoms with Crippen molar-refractivity contribution in [2.24, 2.45) is 0 Å². The maximum absolute atomic E-state index is 9.35. The van der Waals surface area contributed by atoms with Gasteiger partial charge in [-0.3, -0.25) is 0 Å². The van der Waals surface area contributed by atoms with Gasteiger partial charge in [-0.15, -0.1) is 0 Å². The second kappa shape index (κ2) is 3.35. The molecule has 0 aliphatic rings. The molecular formula is C12H15NO2. The molecule has 0 saturated heterocycles. The van der Waals surface area contributed by atoms with E-state index in [9.17, 15) is 5.11 Å². The monoisotopic (exact) mass is 205 g/mol. The Balaban J connectivity index is 2.70. The van der Waals surface area contributed by atoms with Crippen molar-refractivity contribution in [3.63, 3.8) is 0 Å². The molecule has 80 valence electrons. The summed E-state index contributed by atoms with van der Waals surface area (Å²) < 4.78 is 5.56. The highest BCUT2D eigenvalue weighted by Crippen LogP contribution is 2.30. The van der Waals surface area contributed by atoms with Crippen LogP contribution >= 0.6 is 0 Å². The molecule has 1 aromatic heterocycles. The Morgan fingerprint density at radius 2 is 2.13 bits per heavy atom. The fourth-order valence-electron chi connectivity index (χ4n) is 1.68.